The minimum absolute atomic E-state index is 0.407. The summed E-state index contributed by atoms with van der Waals surface area (Å²) in [4.78, 5) is 2.82. The Hall–Kier alpha value is -0.910. The molecule has 1 aromatic carbocycles. The number of hydrogen-bond donors (Lipinski definition) is 0. The Morgan fingerprint density at radius 1 is 0.944 bits per heavy atom. The highest BCUT2D eigenvalue weighted by atomic mass is 32.2. The van der Waals surface area contributed by atoms with E-state index in [2.05, 4.69) is 4.90 Å². The van der Waals surface area contributed by atoms with Gasteiger partial charge in [-0.2, -0.15) is 4.31 Å². The molecule has 1 saturated heterocycles. The second-order valence-electron chi connectivity index (χ2n) is 4.98. The fraction of sp³-hybridized carbons (Fsp3) is 0.538. The summed E-state index contributed by atoms with van der Waals surface area (Å²) < 4.78 is 26.4. The van der Waals surface area contributed by atoms with Crippen LogP contribution in [0.4, 0.5) is 0 Å². The van der Waals surface area contributed by atoms with E-state index in [-0.39, 0.29) is 0 Å². The van der Waals surface area contributed by atoms with Gasteiger partial charge in [0.1, 0.15) is 0 Å². The van der Waals surface area contributed by atoms with Crippen LogP contribution in [-0.4, -0.2) is 49.8 Å². The maximum atomic E-state index is 12.4. The molecular weight excluding hydrogens is 248 g/mol. The van der Waals surface area contributed by atoms with Crippen molar-refractivity contribution < 1.29 is 8.42 Å². The van der Waals surface area contributed by atoms with Gasteiger partial charge in [-0.1, -0.05) is 18.2 Å². The van der Waals surface area contributed by atoms with Crippen molar-refractivity contribution in [3.05, 3.63) is 30.3 Å². The van der Waals surface area contributed by atoms with Crippen molar-refractivity contribution in [2.75, 3.05) is 26.2 Å². The Bertz CT molecular complexity index is 503. The third-order valence-corrected chi connectivity index (χ3v) is 5.63. The van der Waals surface area contributed by atoms with Gasteiger partial charge in [-0.25, -0.2) is 8.42 Å². The van der Waals surface area contributed by atoms with Crippen LogP contribution in [0.15, 0.2) is 35.2 Å². The van der Waals surface area contributed by atoms with Gasteiger partial charge in [-0.05, 0) is 25.0 Å². The van der Waals surface area contributed by atoms with Gasteiger partial charge >= 0.3 is 0 Å². The van der Waals surface area contributed by atoms with Crippen molar-refractivity contribution >= 4 is 10.0 Å². The lowest BCUT2D eigenvalue weighted by Gasteiger charge is -2.34. The number of benzene rings is 1. The van der Waals surface area contributed by atoms with Crippen molar-refractivity contribution in [2.45, 2.75) is 23.8 Å². The monoisotopic (exact) mass is 266 g/mol. The zero-order chi connectivity index (χ0) is 12.6. The van der Waals surface area contributed by atoms with Crippen LogP contribution < -0.4 is 0 Å². The Morgan fingerprint density at radius 3 is 2.11 bits per heavy atom. The third-order valence-electron chi connectivity index (χ3n) is 3.72. The highest BCUT2D eigenvalue weighted by Crippen LogP contribution is 2.28. The molecule has 1 aromatic rings. The van der Waals surface area contributed by atoms with Crippen LogP contribution in [0.2, 0.25) is 0 Å². The molecule has 0 radical (unpaired) electrons. The molecule has 0 atom stereocenters. The molecule has 3 rings (SSSR count). The van der Waals surface area contributed by atoms with Crippen LogP contribution in [0.3, 0.4) is 0 Å². The molecule has 0 unspecified atom stereocenters. The fourth-order valence-electron chi connectivity index (χ4n) is 2.49. The number of hydrogen-bond acceptors (Lipinski definition) is 3. The van der Waals surface area contributed by atoms with Crippen LogP contribution in [-0.2, 0) is 10.0 Å². The normalized spacial score (nSPS) is 23.1. The Labute approximate surface area is 108 Å². The summed E-state index contributed by atoms with van der Waals surface area (Å²) in [6, 6.07) is 9.45. The van der Waals surface area contributed by atoms with Crippen molar-refractivity contribution in [3.63, 3.8) is 0 Å². The van der Waals surface area contributed by atoms with Gasteiger partial charge in [0.05, 0.1) is 4.90 Å². The molecule has 1 aliphatic carbocycles. The second-order valence-corrected chi connectivity index (χ2v) is 6.92. The molecule has 0 amide bonds. The topological polar surface area (TPSA) is 40.6 Å². The van der Waals surface area contributed by atoms with Crippen molar-refractivity contribution in [1.82, 2.24) is 9.21 Å². The van der Waals surface area contributed by atoms with Crippen LogP contribution >= 0.6 is 0 Å². The molecule has 0 aromatic heterocycles. The zero-order valence-corrected chi connectivity index (χ0v) is 11.1. The van der Waals surface area contributed by atoms with E-state index in [1.807, 2.05) is 6.07 Å². The highest BCUT2D eigenvalue weighted by Gasteiger charge is 2.34. The average Bonchev–Trinajstić information content (AvgIpc) is 3.24. The second kappa shape index (κ2) is 4.64. The van der Waals surface area contributed by atoms with Crippen molar-refractivity contribution in [1.29, 1.82) is 0 Å². The summed E-state index contributed by atoms with van der Waals surface area (Å²) in [7, 11) is -3.28. The van der Waals surface area contributed by atoms with Gasteiger partial charge in [-0.15, -0.1) is 0 Å². The summed E-state index contributed by atoms with van der Waals surface area (Å²) >= 11 is 0. The molecule has 18 heavy (non-hydrogen) atoms. The van der Waals surface area contributed by atoms with E-state index >= 15 is 0 Å². The van der Waals surface area contributed by atoms with E-state index in [0.717, 1.165) is 19.1 Å². The van der Waals surface area contributed by atoms with E-state index in [1.54, 1.807) is 28.6 Å². The minimum Gasteiger partial charge on any atom is -0.298 e. The van der Waals surface area contributed by atoms with E-state index in [9.17, 15) is 8.42 Å². The maximum absolute atomic E-state index is 12.4. The number of rotatable bonds is 3. The lowest BCUT2D eigenvalue weighted by Crippen LogP contribution is -2.49. The summed E-state index contributed by atoms with van der Waals surface area (Å²) in [5.41, 5.74) is 0. The van der Waals surface area contributed by atoms with E-state index in [1.165, 1.54) is 12.8 Å². The van der Waals surface area contributed by atoms with E-state index in [0.29, 0.717) is 18.0 Å². The first-order valence-electron chi connectivity index (χ1n) is 6.47. The first kappa shape index (κ1) is 12.1. The highest BCUT2D eigenvalue weighted by molar-refractivity contribution is 7.89. The predicted molar refractivity (Wildman–Crippen MR) is 69.8 cm³/mol. The lowest BCUT2D eigenvalue weighted by molar-refractivity contribution is 0.180. The molecular formula is C13H18N2O2S. The Morgan fingerprint density at radius 2 is 1.56 bits per heavy atom. The SMILES string of the molecule is O=S(=O)(c1ccccc1)N1CCN(C2CC2)CC1. The zero-order valence-electron chi connectivity index (χ0n) is 10.3. The fourth-order valence-corrected chi connectivity index (χ4v) is 3.93. The third kappa shape index (κ3) is 2.30. The molecule has 1 aliphatic heterocycles. The molecule has 98 valence electrons. The number of nitrogens with zero attached hydrogens (tertiary/aromatic N) is 2. The summed E-state index contributed by atoms with van der Waals surface area (Å²) in [6.07, 6.45) is 2.57. The summed E-state index contributed by atoms with van der Waals surface area (Å²) in [6.45, 7) is 2.98. The number of sulfonamides is 1. The van der Waals surface area contributed by atoms with Crippen molar-refractivity contribution in [3.8, 4) is 0 Å². The first-order valence-corrected chi connectivity index (χ1v) is 7.91. The standard InChI is InChI=1S/C13H18N2O2S/c16-18(17,13-4-2-1-3-5-13)15-10-8-14(9-11-15)12-6-7-12/h1-5,12H,6-11H2. The van der Waals surface area contributed by atoms with Crippen molar-refractivity contribution in [2.24, 2.45) is 0 Å². The molecule has 1 heterocycles. The molecule has 0 spiro atoms. The smallest absolute Gasteiger partial charge is 0.243 e. The number of piperazine rings is 1. The molecule has 1 saturated carbocycles. The first-order chi connectivity index (χ1) is 8.68. The van der Waals surface area contributed by atoms with Gasteiger partial charge in [0.2, 0.25) is 10.0 Å². The molecule has 0 bridgehead atoms. The molecule has 4 nitrogen and oxygen atoms in total. The molecule has 2 fully saturated rings. The quantitative estimate of drug-likeness (QED) is 0.824. The minimum atomic E-state index is -3.28. The Balaban J connectivity index is 1.71. The van der Waals surface area contributed by atoms with Gasteiger partial charge in [0.25, 0.3) is 0 Å². The van der Waals surface area contributed by atoms with Crippen LogP contribution in [0.1, 0.15) is 12.8 Å². The van der Waals surface area contributed by atoms with E-state index < -0.39 is 10.0 Å². The van der Waals surface area contributed by atoms with Gasteiger partial charge in [-0.3, -0.25) is 4.90 Å². The van der Waals surface area contributed by atoms with E-state index in [4.69, 9.17) is 0 Å². The van der Waals surface area contributed by atoms with Gasteiger partial charge in [0, 0.05) is 32.2 Å². The Kier molecular flexibility index (Phi) is 3.13. The van der Waals surface area contributed by atoms with Crippen LogP contribution in [0.5, 0.6) is 0 Å². The molecule has 0 N–H and O–H groups in total. The average molecular weight is 266 g/mol. The predicted octanol–water partition coefficient (Wildman–Crippen LogP) is 1.16. The van der Waals surface area contributed by atoms with Gasteiger partial charge in [0.15, 0.2) is 0 Å². The van der Waals surface area contributed by atoms with Crippen LogP contribution in [0, 0.1) is 0 Å². The summed E-state index contributed by atoms with van der Waals surface area (Å²) in [5.74, 6) is 0. The lowest BCUT2D eigenvalue weighted by atomic mass is 10.3. The molecule has 5 heteroatoms. The van der Waals surface area contributed by atoms with Crippen LogP contribution in [0.25, 0.3) is 0 Å². The largest absolute Gasteiger partial charge is 0.298 e. The molecule has 2 aliphatic rings. The summed E-state index contributed by atoms with van der Waals surface area (Å²) in [5, 5.41) is 0. The van der Waals surface area contributed by atoms with Gasteiger partial charge < -0.3 is 0 Å². The maximum Gasteiger partial charge on any atom is 0.243 e.